The maximum absolute atomic E-state index is 12.4. The van der Waals surface area contributed by atoms with Crippen LogP contribution in [0.3, 0.4) is 0 Å². The molecule has 0 saturated heterocycles. The van der Waals surface area contributed by atoms with Gasteiger partial charge in [-0.05, 0) is 77.0 Å². The second kappa shape index (κ2) is 46.0. The first-order valence-corrected chi connectivity index (χ1v) is 24.6. The number of hydrogen-bond donors (Lipinski definition) is 3. The van der Waals surface area contributed by atoms with Crippen molar-refractivity contribution in [3.8, 4) is 0 Å². The number of carbonyl (C=O) groups excluding carboxylic acids is 2. The van der Waals surface area contributed by atoms with E-state index in [-0.39, 0.29) is 18.5 Å². The molecule has 2 atom stereocenters. The van der Waals surface area contributed by atoms with Crippen LogP contribution >= 0.6 is 0 Å². The van der Waals surface area contributed by atoms with Crippen molar-refractivity contribution in [2.45, 2.75) is 270 Å². The minimum absolute atomic E-state index is 0.0415. The van der Waals surface area contributed by atoms with Crippen molar-refractivity contribution >= 4 is 11.9 Å². The topological polar surface area (TPSA) is 95.9 Å². The van der Waals surface area contributed by atoms with Gasteiger partial charge >= 0.3 is 5.97 Å². The number of amides is 1. The largest absolute Gasteiger partial charge is 0.466 e. The lowest BCUT2D eigenvalue weighted by Crippen LogP contribution is -2.45. The molecule has 0 fully saturated rings. The van der Waals surface area contributed by atoms with Gasteiger partial charge in [-0.15, -0.1) is 0 Å². The van der Waals surface area contributed by atoms with E-state index in [2.05, 4.69) is 43.5 Å². The molecule has 1 amide bonds. The molecule has 0 radical (unpaired) electrons. The highest BCUT2D eigenvalue weighted by atomic mass is 16.5. The van der Waals surface area contributed by atoms with E-state index in [1.54, 1.807) is 0 Å². The van der Waals surface area contributed by atoms with Crippen LogP contribution in [0.5, 0.6) is 0 Å². The van der Waals surface area contributed by atoms with Crippen LogP contribution in [-0.4, -0.2) is 47.4 Å². The summed E-state index contributed by atoms with van der Waals surface area (Å²) in [5.74, 6) is -0.106. The third-order valence-electron chi connectivity index (χ3n) is 11.2. The lowest BCUT2D eigenvalue weighted by Gasteiger charge is -2.22. The van der Waals surface area contributed by atoms with E-state index in [1.807, 2.05) is 0 Å². The van der Waals surface area contributed by atoms with Crippen LogP contribution in [-0.2, 0) is 14.3 Å². The fraction of sp³-hybridized carbons (Fsp3) is 0.880. The van der Waals surface area contributed by atoms with E-state index in [1.165, 1.54) is 141 Å². The quantitative estimate of drug-likeness (QED) is 0.0324. The first kappa shape index (κ1) is 54.3. The van der Waals surface area contributed by atoms with Crippen LogP contribution in [0, 0.1) is 0 Å². The highest BCUT2D eigenvalue weighted by molar-refractivity contribution is 5.76. The SMILES string of the molecule is CCCCC/C=C\CCCCCCCC(=O)OCCCC/C=C\CCCCCCCC(=O)NC(CO)C(O)CCCCCCCCCCCCCCCCCC. The molecule has 2 unspecified atom stereocenters. The molecule has 0 heterocycles. The van der Waals surface area contributed by atoms with Gasteiger partial charge in [0.05, 0.1) is 25.4 Å². The molecule has 0 saturated carbocycles. The Balaban J connectivity index is 3.54. The first-order valence-electron chi connectivity index (χ1n) is 24.6. The zero-order chi connectivity index (χ0) is 40.8. The standard InChI is InChI=1S/C50H95NO5/c1-3-5-7-9-11-13-15-17-18-19-20-22-26-30-34-38-42-48(53)47(46-52)51-49(54)43-39-35-31-27-23-21-25-29-33-37-41-45-56-50(55)44-40-36-32-28-24-16-14-12-10-8-6-4-2/h12,14,25,29,47-48,52-53H,3-11,13,15-24,26-28,30-46H2,1-2H3,(H,51,54)/b14-12-,29-25-. The van der Waals surface area contributed by atoms with Crippen molar-refractivity contribution in [2.75, 3.05) is 13.2 Å². The second-order valence-electron chi connectivity index (χ2n) is 16.8. The van der Waals surface area contributed by atoms with Crippen LogP contribution in [0.1, 0.15) is 258 Å². The molecule has 3 N–H and O–H groups in total. The zero-order valence-electron chi connectivity index (χ0n) is 37.4. The van der Waals surface area contributed by atoms with Gasteiger partial charge in [-0.3, -0.25) is 9.59 Å². The summed E-state index contributed by atoms with van der Waals surface area (Å²) >= 11 is 0. The Labute approximate surface area is 348 Å². The summed E-state index contributed by atoms with van der Waals surface area (Å²) in [4.78, 5) is 24.4. The number of esters is 1. The van der Waals surface area contributed by atoms with E-state index in [0.717, 1.165) is 83.5 Å². The fourth-order valence-electron chi connectivity index (χ4n) is 7.39. The van der Waals surface area contributed by atoms with E-state index in [0.29, 0.717) is 25.9 Å². The van der Waals surface area contributed by atoms with Crippen LogP contribution in [0.25, 0.3) is 0 Å². The lowest BCUT2D eigenvalue weighted by molar-refractivity contribution is -0.143. The van der Waals surface area contributed by atoms with Crippen LogP contribution in [0.15, 0.2) is 24.3 Å². The van der Waals surface area contributed by atoms with Crippen LogP contribution in [0.2, 0.25) is 0 Å². The van der Waals surface area contributed by atoms with Gasteiger partial charge in [0.25, 0.3) is 0 Å². The van der Waals surface area contributed by atoms with Gasteiger partial charge in [-0.2, -0.15) is 0 Å². The molecule has 330 valence electrons. The third kappa shape index (κ3) is 42.0. The van der Waals surface area contributed by atoms with Gasteiger partial charge in [-0.1, -0.05) is 192 Å². The minimum atomic E-state index is -0.682. The molecule has 0 aliphatic heterocycles. The molecule has 0 aromatic rings. The minimum Gasteiger partial charge on any atom is -0.466 e. The number of allylic oxidation sites excluding steroid dienone is 4. The first-order chi connectivity index (χ1) is 27.5. The highest BCUT2D eigenvalue weighted by Crippen LogP contribution is 2.16. The smallest absolute Gasteiger partial charge is 0.305 e. The summed E-state index contributed by atoms with van der Waals surface area (Å²) in [5.41, 5.74) is 0. The Kier molecular flexibility index (Phi) is 44.7. The van der Waals surface area contributed by atoms with E-state index in [4.69, 9.17) is 4.74 Å². The summed E-state index contributed by atoms with van der Waals surface area (Å²) in [6, 6.07) is -0.562. The number of ether oxygens (including phenoxy) is 1. The second-order valence-corrected chi connectivity index (χ2v) is 16.8. The third-order valence-corrected chi connectivity index (χ3v) is 11.2. The predicted molar refractivity (Wildman–Crippen MR) is 241 cm³/mol. The molecular formula is C50H95NO5. The van der Waals surface area contributed by atoms with Gasteiger partial charge in [0, 0.05) is 12.8 Å². The molecule has 56 heavy (non-hydrogen) atoms. The summed E-state index contributed by atoms with van der Waals surface area (Å²) in [6.45, 7) is 4.84. The Hall–Kier alpha value is -1.66. The molecule has 6 nitrogen and oxygen atoms in total. The maximum atomic E-state index is 12.4. The number of aliphatic hydroxyl groups is 2. The fourth-order valence-corrected chi connectivity index (χ4v) is 7.39. The molecule has 0 aromatic heterocycles. The molecule has 0 aliphatic carbocycles. The predicted octanol–water partition coefficient (Wildman–Crippen LogP) is 14.3. The van der Waals surface area contributed by atoms with Crippen molar-refractivity contribution in [1.82, 2.24) is 5.32 Å². The van der Waals surface area contributed by atoms with Crippen molar-refractivity contribution in [3.05, 3.63) is 24.3 Å². The van der Waals surface area contributed by atoms with Crippen molar-refractivity contribution in [2.24, 2.45) is 0 Å². The number of hydrogen-bond acceptors (Lipinski definition) is 5. The summed E-state index contributed by atoms with van der Waals surface area (Å²) in [5, 5.41) is 23.2. The number of aliphatic hydroxyl groups excluding tert-OH is 2. The van der Waals surface area contributed by atoms with Gasteiger partial charge < -0.3 is 20.3 Å². The Bertz CT molecular complexity index is 874. The van der Waals surface area contributed by atoms with E-state index >= 15 is 0 Å². The molecular weight excluding hydrogens is 695 g/mol. The van der Waals surface area contributed by atoms with E-state index in [9.17, 15) is 19.8 Å². The molecule has 0 spiro atoms. The van der Waals surface area contributed by atoms with Gasteiger partial charge in [0.15, 0.2) is 0 Å². The van der Waals surface area contributed by atoms with Crippen LogP contribution in [0.4, 0.5) is 0 Å². The van der Waals surface area contributed by atoms with Crippen molar-refractivity contribution < 1.29 is 24.5 Å². The number of carbonyl (C=O) groups is 2. The Morgan fingerprint density at radius 2 is 0.839 bits per heavy atom. The number of rotatable bonds is 45. The maximum Gasteiger partial charge on any atom is 0.305 e. The summed E-state index contributed by atoms with van der Waals surface area (Å²) < 4.78 is 5.41. The Morgan fingerprint density at radius 1 is 0.482 bits per heavy atom. The van der Waals surface area contributed by atoms with Gasteiger partial charge in [0.2, 0.25) is 5.91 Å². The molecule has 0 aliphatic rings. The number of nitrogens with one attached hydrogen (secondary N) is 1. The molecule has 0 bridgehead atoms. The van der Waals surface area contributed by atoms with Gasteiger partial charge in [-0.25, -0.2) is 0 Å². The molecule has 0 rings (SSSR count). The highest BCUT2D eigenvalue weighted by Gasteiger charge is 2.20. The normalized spacial score (nSPS) is 12.9. The van der Waals surface area contributed by atoms with Gasteiger partial charge in [0.1, 0.15) is 0 Å². The molecule has 0 aromatic carbocycles. The van der Waals surface area contributed by atoms with Crippen molar-refractivity contribution in [3.63, 3.8) is 0 Å². The average molecular weight is 790 g/mol. The number of unbranched alkanes of at least 4 members (excludes halogenated alkanes) is 30. The lowest BCUT2D eigenvalue weighted by atomic mass is 10.0. The molecule has 6 heteroatoms. The zero-order valence-corrected chi connectivity index (χ0v) is 37.4. The monoisotopic (exact) mass is 790 g/mol. The van der Waals surface area contributed by atoms with Crippen LogP contribution < -0.4 is 5.32 Å². The van der Waals surface area contributed by atoms with Crippen molar-refractivity contribution in [1.29, 1.82) is 0 Å². The average Bonchev–Trinajstić information content (AvgIpc) is 3.20. The summed E-state index contributed by atoms with van der Waals surface area (Å²) in [7, 11) is 0. The summed E-state index contributed by atoms with van der Waals surface area (Å²) in [6.07, 6.45) is 52.8. The van der Waals surface area contributed by atoms with E-state index < -0.39 is 12.1 Å². The Morgan fingerprint density at radius 3 is 1.30 bits per heavy atom.